The predicted molar refractivity (Wildman–Crippen MR) is 89.5 cm³/mol. The van der Waals surface area contributed by atoms with Gasteiger partial charge in [-0.1, -0.05) is 17.7 Å². The van der Waals surface area contributed by atoms with Gasteiger partial charge in [-0.2, -0.15) is 4.98 Å². The number of para-hydroxylation sites is 1. The van der Waals surface area contributed by atoms with Gasteiger partial charge in [0.15, 0.2) is 0 Å². The average molecular weight is 330 g/mol. The Morgan fingerprint density at radius 1 is 1.13 bits per heavy atom. The number of rotatable bonds is 4. The molecule has 0 atom stereocenters. The Kier molecular flexibility index (Phi) is 4.34. The molecule has 2 N–H and O–H groups in total. The lowest BCUT2D eigenvalue weighted by Crippen LogP contribution is -2.03. The van der Waals surface area contributed by atoms with Crippen molar-refractivity contribution in [3.63, 3.8) is 0 Å². The molecule has 1 aromatic carbocycles. The molecule has 116 valence electrons. The Morgan fingerprint density at radius 2 is 2.00 bits per heavy atom. The highest BCUT2D eigenvalue weighted by Gasteiger charge is 2.11. The maximum Gasteiger partial charge on any atom is 0.224 e. The molecular weight excluding hydrogens is 317 g/mol. The van der Waals surface area contributed by atoms with Crippen molar-refractivity contribution in [2.45, 2.75) is 0 Å². The van der Waals surface area contributed by atoms with Crippen LogP contribution in [-0.4, -0.2) is 22.0 Å². The summed E-state index contributed by atoms with van der Waals surface area (Å²) in [6.45, 7) is 0. The molecular formula is C16H13ClFN5. The Labute approximate surface area is 137 Å². The number of halogens is 2. The van der Waals surface area contributed by atoms with Crippen molar-refractivity contribution in [1.29, 1.82) is 0 Å². The molecule has 0 spiro atoms. The van der Waals surface area contributed by atoms with Crippen LogP contribution < -0.4 is 10.6 Å². The minimum absolute atomic E-state index is 0.173. The summed E-state index contributed by atoms with van der Waals surface area (Å²) in [6, 6.07) is 9.89. The lowest BCUT2D eigenvalue weighted by Gasteiger charge is -2.11. The molecule has 0 amide bonds. The van der Waals surface area contributed by atoms with Crippen LogP contribution in [0.3, 0.4) is 0 Å². The van der Waals surface area contributed by atoms with E-state index in [1.165, 1.54) is 6.07 Å². The number of benzene rings is 1. The van der Waals surface area contributed by atoms with E-state index in [2.05, 4.69) is 25.6 Å². The molecule has 5 nitrogen and oxygen atoms in total. The minimum Gasteiger partial charge on any atom is -0.357 e. The summed E-state index contributed by atoms with van der Waals surface area (Å²) in [7, 11) is 1.71. The minimum atomic E-state index is -0.454. The molecule has 2 aromatic heterocycles. The van der Waals surface area contributed by atoms with E-state index in [1.54, 1.807) is 37.6 Å². The van der Waals surface area contributed by atoms with Crippen LogP contribution in [0.1, 0.15) is 0 Å². The summed E-state index contributed by atoms with van der Waals surface area (Å²) >= 11 is 6.04. The number of hydrogen-bond acceptors (Lipinski definition) is 5. The van der Waals surface area contributed by atoms with Crippen LogP contribution in [0, 0.1) is 5.82 Å². The summed E-state index contributed by atoms with van der Waals surface area (Å²) in [5.41, 5.74) is 1.66. The van der Waals surface area contributed by atoms with Gasteiger partial charge in [0.25, 0.3) is 0 Å². The van der Waals surface area contributed by atoms with Crippen LogP contribution in [0.5, 0.6) is 0 Å². The van der Waals surface area contributed by atoms with Gasteiger partial charge in [-0.25, -0.2) is 9.37 Å². The van der Waals surface area contributed by atoms with Gasteiger partial charge < -0.3 is 10.6 Å². The monoisotopic (exact) mass is 329 g/mol. The Bertz CT molecular complexity index is 806. The number of hydrogen-bond donors (Lipinski definition) is 2. The van der Waals surface area contributed by atoms with Crippen molar-refractivity contribution < 1.29 is 4.39 Å². The van der Waals surface area contributed by atoms with Crippen molar-refractivity contribution in [3.8, 4) is 11.3 Å². The lowest BCUT2D eigenvalue weighted by atomic mass is 10.2. The third-order valence-corrected chi connectivity index (χ3v) is 3.44. The van der Waals surface area contributed by atoms with E-state index in [-0.39, 0.29) is 10.7 Å². The normalized spacial score (nSPS) is 10.4. The highest BCUT2D eigenvalue weighted by molar-refractivity contribution is 6.33. The van der Waals surface area contributed by atoms with Crippen molar-refractivity contribution in [1.82, 2.24) is 15.0 Å². The maximum atomic E-state index is 13.9. The van der Waals surface area contributed by atoms with E-state index in [0.717, 1.165) is 5.56 Å². The van der Waals surface area contributed by atoms with E-state index < -0.39 is 5.82 Å². The van der Waals surface area contributed by atoms with Gasteiger partial charge in [-0.15, -0.1) is 0 Å². The van der Waals surface area contributed by atoms with Crippen LogP contribution >= 0.6 is 11.6 Å². The first-order valence-corrected chi connectivity index (χ1v) is 7.23. The standard InChI is InChI=1S/C16H13ClFN5/c1-19-16-21-13(10-4-3-7-20-9-10)8-14(23-16)22-15-11(17)5-2-6-12(15)18/h2-9H,1H3,(H2,19,21,22,23). The number of aromatic nitrogens is 3. The molecule has 0 fully saturated rings. The highest BCUT2D eigenvalue weighted by atomic mass is 35.5. The SMILES string of the molecule is CNc1nc(Nc2c(F)cccc2Cl)cc(-c2cccnc2)n1. The second-order valence-electron chi connectivity index (χ2n) is 4.68. The van der Waals surface area contributed by atoms with Gasteiger partial charge in [0.2, 0.25) is 5.95 Å². The summed E-state index contributed by atoms with van der Waals surface area (Å²) in [5, 5.41) is 6.07. The van der Waals surface area contributed by atoms with E-state index in [9.17, 15) is 4.39 Å². The number of pyridine rings is 1. The summed E-state index contributed by atoms with van der Waals surface area (Å²) in [6.07, 6.45) is 3.38. The zero-order valence-corrected chi connectivity index (χ0v) is 13.0. The second-order valence-corrected chi connectivity index (χ2v) is 5.08. The molecule has 0 aliphatic carbocycles. The number of nitrogens with one attached hydrogen (secondary N) is 2. The van der Waals surface area contributed by atoms with Crippen molar-refractivity contribution in [2.24, 2.45) is 0 Å². The van der Waals surface area contributed by atoms with Crippen LogP contribution in [0.25, 0.3) is 11.3 Å². The largest absolute Gasteiger partial charge is 0.357 e. The zero-order valence-electron chi connectivity index (χ0n) is 12.2. The van der Waals surface area contributed by atoms with Gasteiger partial charge >= 0.3 is 0 Å². The number of nitrogens with zero attached hydrogens (tertiary/aromatic N) is 3. The molecule has 3 aromatic rings. The van der Waals surface area contributed by atoms with E-state index in [1.807, 2.05) is 12.1 Å². The van der Waals surface area contributed by atoms with Gasteiger partial charge in [0.1, 0.15) is 11.6 Å². The summed E-state index contributed by atoms with van der Waals surface area (Å²) < 4.78 is 13.9. The first kappa shape index (κ1) is 15.2. The fraction of sp³-hybridized carbons (Fsp3) is 0.0625. The second kappa shape index (κ2) is 6.58. The van der Waals surface area contributed by atoms with Crippen molar-refractivity contribution in [2.75, 3.05) is 17.7 Å². The Hall–Kier alpha value is -2.73. The van der Waals surface area contributed by atoms with E-state index in [4.69, 9.17) is 11.6 Å². The number of anilines is 3. The highest BCUT2D eigenvalue weighted by Crippen LogP contribution is 2.29. The summed E-state index contributed by atoms with van der Waals surface area (Å²) in [5.74, 6) is 0.376. The van der Waals surface area contributed by atoms with Gasteiger partial charge in [-0.05, 0) is 24.3 Å². The molecule has 0 saturated carbocycles. The quantitative estimate of drug-likeness (QED) is 0.754. The molecule has 7 heteroatoms. The molecule has 3 rings (SSSR count). The third-order valence-electron chi connectivity index (χ3n) is 3.12. The van der Waals surface area contributed by atoms with Crippen LogP contribution in [0.4, 0.5) is 21.8 Å². The molecule has 0 radical (unpaired) electrons. The van der Waals surface area contributed by atoms with Gasteiger partial charge in [-0.3, -0.25) is 4.98 Å². The third kappa shape index (κ3) is 3.37. The van der Waals surface area contributed by atoms with E-state index in [0.29, 0.717) is 17.5 Å². The van der Waals surface area contributed by atoms with Gasteiger partial charge in [0.05, 0.1) is 16.4 Å². The lowest BCUT2D eigenvalue weighted by molar-refractivity contribution is 0.632. The van der Waals surface area contributed by atoms with Crippen LogP contribution in [0.15, 0.2) is 48.8 Å². The summed E-state index contributed by atoms with van der Waals surface area (Å²) in [4.78, 5) is 12.7. The Balaban J connectivity index is 2.03. The predicted octanol–water partition coefficient (Wildman–Crippen LogP) is 4.12. The van der Waals surface area contributed by atoms with Crippen LogP contribution in [-0.2, 0) is 0 Å². The van der Waals surface area contributed by atoms with Gasteiger partial charge in [0, 0.05) is 31.1 Å². The van der Waals surface area contributed by atoms with Crippen molar-refractivity contribution >= 4 is 29.1 Å². The smallest absolute Gasteiger partial charge is 0.224 e. The average Bonchev–Trinajstić information content (AvgIpc) is 2.59. The molecule has 0 unspecified atom stereocenters. The fourth-order valence-electron chi connectivity index (χ4n) is 2.03. The molecule has 0 saturated heterocycles. The molecule has 0 aliphatic rings. The zero-order chi connectivity index (χ0) is 16.2. The topological polar surface area (TPSA) is 62.7 Å². The molecule has 0 bridgehead atoms. The Morgan fingerprint density at radius 3 is 2.70 bits per heavy atom. The van der Waals surface area contributed by atoms with Crippen molar-refractivity contribution in [3.05, 3.63) is 59.6 Å². The first-order valence-electron chi connectivity index (χ1n) is 6.85. The maximum absolute atomic E-state index is 13.9. The first-order chi connectivity index (χ1) is 11.2. The van der Waals surface area contributed by atoms with E-state index >= 15 is 0 Å². The van der Waals surface area contributed by atoms with Crippen LogP contribution in [0.2, 0.25) is 5.02 Å². The fourth-order valence-corrected chi connectivity index (χ4v) is 2.24. The molecule has 0 aliphatic heterocycles. The molecule has 23 heavy (non-hydrogen) atoms. The molecule has 2 heterocycles.